The topological polar surface area (TPSA) is 75.7 Å². The summed E-state index contributed by atoms with van der Waals surface area (Å²) in [5.41, 5.74) is 2.89. The molecule has 0 spiro atoms. The Hall–Kier alpha value is -2.09. The second kappa shape index (κ2) is 9.59. The molecule has 0 aromatic heterocycles. The maximum atomic E-state index is 13.2. The van der Waals surface area contributed by atoms with E-state index in [1.807, 2.05) is 25.1 Å². The second-order valence-corrected chi connectivity index (χ2v) is 10.5. The third-order valence-electron chi connectivity index (χ3n) is 5.69. The van der Waals surface area contributed by atoms with Crippen LogP contribution in [0.15, 0.2) is 41.3 Å². The van der Waals surface area contributed by atoms with E-state index in [-0.39, 0.29) is 28.3 Å². The molecular formula is C23H29ClN2O4S. The Labute approximate surface area is 189 Å². The highest BCUT2D eigenvalue weighted by molar-refractivity contribution is 7.89. The lowest BCUT2D eigenvalue weighted by Gasteiger charge is -2.31. The summed E-state index contributed by atoms with van der Waals surface area (Å²) in [4.78, 5) is 13.2. The maximum Gasteiger partial charge on any atom is 0.243 e. The molecule has 2 aromatic carbocycles. The molecule has 1 aliphatic rings. The Balaban J connectivity index is 1.79. The standard InChI is InChI=1S/C23H29ClN2O4S/c1-15(2)19-9-5-7-16(3)22(19)25-23(27)17-8-6-12-26(14-17)31(28,29)18-10-11-21(30-4)20(24)13-18/h5,7,9-11,13,15,17H,6,8,12,14H2,1-4H3,(H,25,27). The van der Waals surface area contributed by atoms with Gasteiger partial charge in [-0.3, -0.25) is 4.79 Å². The van der Waals surface area contributed by atoms with E-state index in [1.165, 1.54) is 29.6 Å². The van der Waals surface area contributed by atoms with Gasteiger partial charge in [-0.05, 0) is 55.0 Å². The number of anilines is 1. The molecule has 0 radical (unpaired) electrons. The third-order valence-corrected chi connectivity index (χ3v) is 7.85. The minimum Gasteiger partial charge on any atom is -0.495 e. The number of methoxy groups -OCH3 is 1. The number of sulfonamides is 1. The minimum absolute atomic E-state index is 0.0976. The van der Waals surface area contributed by atoms with Gasteiger partial charge < -0.3 is 10.1 Å². The third kappa shape index (κ3) is 5.05. The molecule has 0 saturated carbocycles. The molecule has 31 heavy (non-hydrogen) atoms. The summed E-state index contributed by atoms with van der Waals surface area (Å²) in [7, 11) is -2.29. The summed E-state index contributed by atoms with van der Waals surface area (Å²) in [5, 5.41) is 3.30. The van der Waals surface area contributed by atoms with E-state index in [9.17, 15) is 13.2 Å². The van der Waals surface area contributed by atoms with Crippen LogP contribution in [0.25, 0.3) is 0 Å². The van der Waals surface area contributed by atoms with Crippen LogP contribution >= 0.6 is 11.6 Å². The molecule has 8 heteroatoms. The Bertz CT molecular complexity index is 1070. The molecule has 1 aliphatic heterocycles. The lowest BCUT2D eigenvalue weighted by Crippen LogP contribution is -2.43. The van der Waals surface area contributed by atoms with Gasteiger partial charge in [-0.1, -0.05) is 43.6 Å². The molecule has 0 bridgehead atoms. The van der Waals surface area contributed by atoms with Gasteiger partial charge in [0.1, 0.15) is 5.75 Å². The number of para-hydroxylation sites is 1. The van der Waals surface area contributed by atoms with Gasteiger partial charge in [0, 0.05) is 18.8 Å². The molecule has 1 saturated heterocycles. The van der Waals surface area contributed by atoms with Crippen molar-refractivity contribution in [1.29, 1.82) is 0 Å². The summed E-state index contributed by atoms with van der Waals surface area (Å²) >= 11 is 6.13. The number of hydrogen-bond donors (Lipinski definition) is 1. The number of rotatable bonds is 6. The Morgan fingerprint density at radius 3 is 2.65 bits per heavy atom. The van der Waals surface area contributed by atoms with Gasteiger partial charge in [0.25, 0.3) is 0 Å². The van der Waals surface area contributed by atoms with E-state index in [4.69, 9.17) is 16.3 Å². The molecule has 6 nitrogen and oxygen atoms in total. The van der Waals surface area contributed by atoms with Gasteiger partial charge in [-0.25, -0.2) is 8.42 Å². The highest BCUT2D eigenvalue weighted by atomic mass is 35.5. The van der Waals surface area contributed by atoms with Crippen molar-refractivity contribution < 1.29 is 17.9 Å². The predicted molar refractivity (Wildman–Crippen MR) is 123 cm³/mol. The molecule has 1 N–H and O–H groups in total. The van der Waals surface area contributed by atoms with Crippen molar-refractivity contribution in [3.63, 3.8) is 0 Å². The van der Waals surface area contributed by atoms with Crippen molar-refractivity contribution in [1.82, 2.24) is 4.31 Å². The average molecular weight is 465 g/mol. The van der Waals surface area contributed by atoms with Gasteiger partial charge in [0.2, 0.25) is 15.9 Å². The summed E-state index contributed by atoms with van der Waals surface area (Å²) in [6.07, 6.45) is 1.26. The molecule has 3 rings (SSSR count). The molecular weight excluding hydrogens is 436 g/mol. The quantitative estimate of drug-likeness (QED) is 0.664. The minimum atomic E-state index is -3.77. The molecule has 1 unspecified atom stereocenters. The van der Waals surface area contributed by atoms with Crippen LogP contribution in [0.4, 0.5) is 5.69 Å². The van der Waals surface area contributed by atoms with Crippen molar-refractivity contribution in [2.45, 2.75) is 44.4 Å². The molecule has 2 aromatic rings. The fourth-order valence-electron chi connectivity index (χ4n) is 3.90. The first kappa shape index (κ1) is 23.6. The lowest BCUT2D eigenvalue weighted by atomic mass is 9.95. The largest absolute Gasteiger partial charge is 0.495 e. The molecule has 168 valence electrons. The van der Waals surface area contributed by atoms with Crippen LogP contribution in [0.3, 0.4) is 0 Å². The summed E-state index contributed by atoms with van der Waals surface area (Å²) in [5.74, 6) is 0.106. The number of nitrogens with zero attached hydrogens (tertiary/aromatic N) is 1. The zero-order valence-corrected chi connectivity index (χ0v) is 19.9. The zero-order valence-electron chi connectivity index (χ0n) is 18.3. The van der Waals surface area contributed by atoms with Crippen LogP contribution in [0.1, 0.15) is 43.7 Å². The SMILES string of the molecule is COc1ccc(S(=O)(=O)N2CCCC(C(=O)Nc3c(C)cccc3C(C)C)C2)cc1Cl. The van der Waals surface area contributed by atoms with Crippen LogP contribution in [-0.4, -0.2) is 38.8 Å². The monoisotopic (exact) mass is 464 g/mol. The highest BCUT2D eigenvalue weighted by Gasteiger charge is 2.34. The van der Waals surface area contributed by atoms with Crippen molar-refractivity contribution in [3.05, 3.63) is 52.5 Å². The number of piperidine rings is 1. The first-order valence-electron chi connectivity index (χ1n) is 10.4. The second-order valence-electron chi connectivity index (χ2n) is 8.18. The van der Waals surface area contributed by atoms with E-state index in [0.717, 1.165) is 16.8 Å². The van der Waals surface area contributed by atoms with E-state index in [2.05, 4.69) is 19.2 Å². The van der Waals surface area contributed by atoms with Gasteiger partial charge in [-0.15, -0.1) is 0 Å². The highest BCUT2D eigenvalue weighted by Crippen LogP contribution is 2.32. The number of ether oxygens (including phenoxy) is 1. The summed E-state index contributed by atoms with van der Waals surface area (Å²) in [6.45, 7) is 6.64. The van der Waals surface area contributed by atoms with Gasteiger partial charge in [0.05, 0.1) is 22.9 Å². The average Bonchev–Trinajstić information content (AvgIpc) is 2.74. The van der Waals surface area contributed by atoms with Gasteiger partial charge in [0.15, 0.2) is 0 Å². The predicted octanol–water partition coefficient (Wildman–Crippen LogP) is 4.82. The number of aryl methyl sites for hydroxylation is 1. The normalized spacial score (nSPS) is 17.5. The van der Waals surface area contributed by atoms with E-state index in [0.29, 0.717) is 25.1 Å². The zero-order chi connectivity index (χ0) is 22.8. The molecule has 1 amide bonds. The van der Waals surface area contributed by atoms with Crippen LogP contribution < -0.4 is 10.1 Å². The van der Waals surface area contributed by atoms with Crippen LogP contribution in [0, 0.1) is 12.8 Å². The number of halogens is 1. The number of carbonyl (C=O) groups is 1. The number of amides is 1. The summed E-state index contributed by atoms with van der Waals surface area (Å²) < 4.78 is 32.8. The van der Waals surface area contributed by atoms with Crippen LogP contribution in [0.5, 0.6) is 5.75 Å². The van der Waals surface area contributed by atoms with Crippen molar-refractivity contribution in [2.75, 3.05) is 25.5 Å². The number of carbonyl (C=O) groups excluding carboxylic acids is 1. The van der Waals surface area contributed by atoms with Crippen LogP contribution in [-0.2, 0) is 14.8 Å². The number of hydrogen-bond acceptors (Lipinski definition) is 4. The fraction of sp³-hybridized carbons (Fsp3) is 0.435. The first-order valence-corrected chi connectivity index (χ1v) is 12.2. The molecule has 1 atom stereocenters. The fourth-order valence-corrected chi connectivity index (χ4v) is 5.77. The lowest BCUT2D eigenvalue weighted by molar-refractivity contribution is -0.120. The Morgan fingerprint density at radius 2 is 2.00 bits per heavy atom. The Morgan fingerprint density at radius 1 is 1.26 bits per heavy atom. The van der Waals surface area contributed by atoms with E-state index >= 15 is 0 Å². The first-order chi connectivity index (χ1) is 14.6. The number of benzene rings is 2. The molecule has 1 heterocycles. The van der Waals surface area contributed by atoms with Gasteiger partial charge in [-0.2, -0.15) is 4.31 Å². The smallest absolute Gasteiger partial charge is 0.243 e. The maximum absolute atomic E-state index is 13.2. The molecule has 0 aliphatic carbocycles. The molecule has 1 fully saturated rings. The Kier molecular flexibility index (Phi) is 7.29. The van der Waals surface area contributed by atoms with Crippen molar-refractivity contribution >= 4 is 33.2 Å². The van der Waals surface area contributed by atoms with Gasteiger partial charge >= 0.3 is 0 Å². The van der Waals surface area contributed by atoms with E-state index in [1.54, 1.807) is 0 Å². The number of nitrogens with one attached hydrogen (secondary N) is 1. The van der Waals surface area contributed by atoms with Crippen LogP contribution in [0.2, 0.25) is 5.02 Å². The van der Waals surface area contributed by atoms with Crippen molar-refractivity contribution in [3.8, 4) is 5.75 Å². The van der Waals surface area contributed by atoms with Crippen molar-refractivity contribution in [2.24, 2.45) is 5.92 Å². The summed E-state index contributed by atoms with van der Waals surface area (Å²) in [6, 6.07) is 10.4. The van der Waals surface area contributed by atoms with E-state index < -0.39 is 15.9 Å².